The molecule has 130 valence electrons. The van der Waals surface area contributed by atoms with Crippen LogP contribution in [0.3, 0.4) is 0 Å². The predicted molar refractivity (Wildman–Crippen MR) is 94.3 cm³/mol. The van der Waals surface area contributed by atoms with Crippen LogP contribution in [0.1, 0.15) is 25.7 Å². The van der Waals surface area contributed by atoms with Gasteiger partial charge in [-0.05, 0) is 50.2 Å². The molecule has 1 aliphatic rings. The van der Waals surface area contributed by atoms with E-state index >= 15 is 0 Å². The molecule has 7 nitrogen and oxygen atoms in total. The number of benzene rings is 1. The van der Waals surface area contributed by atoms with Crippen molar-refractivity contribution in [1.29, 1.82) is 0 Å². The smallest absolute Gasteiger partial charge is 0.252 e. The number of carbonyl (C=O) groups is 1. The highest BCUT2D eigenvalue weighted by Gasteiger charge is 2.42. The van der Waals surface area contributed by atoms with E-state index in [2.05, 4.69) is 20.7 Å². The first-order valence-electron chi connectivity index (χ1n) is 8.63. The summed E-state index contributed by atoms with van der Waals surface area (Å²) in [4.78, 5) is 17.6. The summed E-state index contributed by atoms with van der Waals surface area (Å²) in [7, 11) is 0. The lowest BCUT2D eigenvalue weighted by atomic mass is 9.87. The van der Waals surface area contributed by atoms with E-state index in [4.69, 9.17) is 4.42 Å². The minimum Gasteiger partial charge on any atom is -0.441 e. The number of fused-ring (bicyclic) bond motifs is 1. The third kappa shape index (κ3) is 2.80. The van der Waals surface area contributed by atoms with Gasteiger partial charge in [0, 0.05) is 24.5 Å². The Kier molecular flexibility index (Phi) is 4.01. The largest absolute Gasteiger partial charge is 0.441 e. The number of hydrogen-bond acceptors (Lipinski definition) is 5. The van der Waals surface area contributed by atoms with Crippen molar-refractivity contribution in [3.63, 3.8) is 0 Å². The van der Waals surface area contributed by atoms with Gasteiger partial charge in [-0.15, -0.1) is 0 Å². The topological polar surface area (TPSA) is 85.0 Å². The standard InChI is InChI=1S/C18H21N5O2/c1-2-16-22-14-12-13(4-5-15(14)25-16)21-17(24)18(6-9-19-10-7-18)23-11-3-8-20-23/h3-5,8,11-12,19H,2,6-7,9-10H2,1H3,(H,21,24). The van der Waals surface area contributed by atoms with Crippen molar-refractivity contribution in [2.75, 3.05) is 18.4 Å². The van der Waals surface area contributed by atoms with Gasteiger partial charge in [0.05, 0.1) is 0 Å². The van der Waals surface area contributed by atoms with E-state index in [0.717, 1.165) is 36.3 Å². The Morgan fingerprint density at radius 2 is 2.24 bits per heavy atom. The van der Waals surface area contributed by atoms with Crippen LogP contribution in [0.25, 0.3) is 11.1 Å². The van der Waals surface area contributed by atoms with Crippen molar-refractivity contribution in [2.24, 2.45) is 0 Å². The Morgan fingerprint density at radius 3 is 2.96 bits per heavy atom. The minimum absolute atomic E-state index is 0.0451. The molecular formula is C18H21N5O2. The third-order valence-corrected chi connectivity index (χ3v) is 4.79. The number of nitrogens with zero attached hydrogens (tertiary/aromatic N) is 3. The van der Waals surface area contributed by atoms with Crippen molar-refractivity contribution in [2.45, 2.75) is 31.7 Å². The van der Waals surface area contributed by atoms with E-state index < -0.39 is 5.54 Å². The van der Waals surface area contributed by atoms with Crippen molar-refractivity contribution in [3.8, 4) is 0 Å². The van der Waals surface area contributed by atoms with Crippen LogP contribution in [0.5, 0.6) is 0 Å². The molecule has 0 radical (unpaired) electrons. The van der Waals surface area contributed by atoms with Crippen molar-refractivity contribution in [1.82, 2.24) is 20.1 Å². The van der Waals surface area contributed by atoms with Gasteiger partial charge in [-0.25, -0.2) is 4.98 Å². The maximum atomic E-state index is 13.1. The first kappa shape index (κ1) is 15.8. The molecule has 2 N–H and O–H groups in total. The molecule has 7 heteroatoms. The third-order valence-electron chi connectivity index (χ3n) is 4.79. The first-order valence-corrected chi connectivity index (χ1v) is 8.63. The molecule has 0 saturated carbocycles. The highest BCUT2D eigenvalue weighted by atomic mass is 16.3. The molecule has 25 heavy (non-hydrogen) atoms. The van der Waals surface area contributed by atoms with Gasteiger partial charge in [-0.2, -0.15) is 5.10 Å². The van der Waals surface area contributed by atoms with E-state index in [9.17, 15) is 4.79 Å². The molecule has 2 aromatic heterocycles. The molecule has 1 amide bonds. The molecule has 1 fully saturated rings. The minimum atomic E-state index is -0.665. The molecule has 3 heterocycles. The number of oxazole rings is 1. The Hall–Kier alpha value is -2.67. The number of aryl methyl sites for hydroxylation is 1. The fraction of sp³-hybridized carbons (Fsp3) is 0.389. The number of nitrogens with one attached hydrogen (secondary N) is 2. The van der Waals surface area contributed by atoms with Crippen LogP contribution in [-0.4, -0.2) is 33.8 Å². The summed E-state index contributed by atoms with van der Waals surface area (Å²) >= 11 is 0. The number of rotatable bonds is 4. The van der Waals surface area contributed by atoms with Gasteiger partial charge >= 0.3 is 0 Å². The van der Waals surface area contributed by atoms with Gasteiger partial charge in [0.15, 0.2) is 11.5 Å². The van der Waals surface area contributed by atoms with E-state index in [-0.39, 0.29) is 5.91 Å². The van der Waals surface area contributed by atoms with Crippen molar-refractivity contribution >= 4 is 22.7 Å². The molecule has 1 aromatic carbocycles. The Bertz CT molecular complexity index is 878. The predicted octanol–water partition coefficient (Wildman–Crippen LogP) is 2.30. The highest BCUT2D eigenvalue weighted by molar-refractivity contribution is 5.98. The molecular weight excluding hydrogens is 318 g/mol. The van der Waals surface area contributed by atoms with E-state index in [1.807, 2.05) is 37.4 Å². The van der Waals surface area contributed by atoms with Crippen LogP contribution >= 0.6 is 0 Å². The van der Waals surface area contributed by atoms with Crippen LogP contribution in [0.15, 0.2) is 41.1 Å². The number of carbonyl (C=O) groups excluding carboxylic acids is 1. The zero-order chi connectivity index (χ0) is 17.3. The normalized spacial score (nSPS) is 16.8. The SMILES string of the molecule is CCc1nc2cc(NC(=O)C3(n4cccn4)CCNCC3)ccc2o1. The van der Waals surface area contributed by atoms with Crippen LogP contribution in [0, 0.1) is 0 Å². The lowest BCUT2D eigenvalue weighted by molar-refractivity contribution is -0.126. The maximum absolute atomic E-state index is 13.1. The van der Waals surface area contributed by atoms with Crippen LogP contribution in [0.2, 0.25) is 0 Å². The van der Waals surface area contributed by atoms with Gasteiger partial charge in [0.25, 0.3) is 5.91 Å². The Labute approximate surface area is 145 Å². The monoisotopic (exact) mass is 339 g/mol. The lowest BCUT2D eigenvalue weighted by Crippen LogP contribution is -2.52. The van der Waals surface area contributed by atoms with E-state index in [0.29, 0.717) is 18.7 Å². The molecule has 3 aromatic rings. The average Bonchev–Trinajstić information content (AvgIpc) is 3.31. The van der Waals surface area contributed by atoms with Gasteiger partial charge in [0.1, 0.15) is 11.1 Å². The van der Waals surface area contributed by atoms with E-state index in [1.165, 1.54) is 0 Å². The summed E-state index contributed by atoms with van der Waals surface area (Å²) < 4.78 is 7.41. The number of anilines is 1. The Balaban J connectivity index is 1.63. The highest BCUT2D eigenvalue weighted by Crippen LogP contribution is 2.29. The Morgan fingerprint density at radius 1 is 1.40 bits per heavy atom. The summed E-state index contributed by atoms with van der Waals surface area (Å²) in [6, 6.07) is 7.40. The molecule has 1 saturated heterocycles. The fourth-order valence-electron chi connectivity index (χ4n) is 3.37. The summed E-state index contributed by atoms with van der Waals surface area (Å²) in [5.41, 5.74) is 1.55. The number of piperidine rings is 1. The van der Waals surface area contributed by atoms with Crippen molar-refractivity contribution in [3.05, 3.63) is 42.5 Å². The number of amides is 1. The summed E-state index contributed by atoms with van der Waals surface area (Å²) in [5, 5.41) is 10.7. The van der Waals surface area contributed by atoms with Crippen molar-refractivity contribution < 1.29 is 9.21 Å². The summed E-state index contributed by atoms with van der Waals surface area (Å²) in [6.45, 7) is 3.57. The molecule has 4 rings (SSSR count). The second kappa shape index (κ2) is 6.33. The molecule has 0 spiro atoms. The van der Waals surface area contributed by atoms with Gasteiger partial charge < -0.3 is 15.1 Å². The maximum Gasteiger partial charge on any atom is 0.252 e. The molecule has 0 unspecified atom stereocenters. The van der Waals surface area contributed by atoms with Gasteiger partial charge in [-0.3, -0.25) is 9.48 Å². The van der Waals surface area contributed by atoms with Crippen LogP contribution in [-0.2, 0) is 16.8 Å². The van der Waals surface area contributed by atoms with Gasteiger partial charge in [0.2, 0.25) is 0 Å². The van der Waals surface area contributed by atoms with Crippen LogP contribution < -0.4 is 10.6 Å². The van der Waals surface area contributed by atoms with Gasteiger partial charge in [-0.1, -0.05) is 6.92 Å². The lowest BCUT2D eigenvalue weighted by Gasteiger charge is -2.36. The molecule has 0 atom stereocenters. The zero-order valence-electron chi connectivity index (χ0n) is 14.2. The molecule has 1 aliphatic heterocycles. The quantitative estimate of drug-likeness (QED) is 0.762. The summed E-state index contributed by atoms with van der Waals surface area (Å²) in [5.74, 6) is 0.654. The fourth-order valence-corrected chi connectivity index (χ4v) is 3.37. The first-order chi connectivity index (χ1) is 12.2. The van der Waals surface area contributed by atoms with E-state index in [1.54, 1.807) is 10.9 Å². The number of aromatic nitrogens is 3. The zero-order valence-corrected chi connectivity index (χ0v) is 14.2. The second-order valence-electron chi connectivity index (χ2n) is 6.33. The molecule has 0 aliphatic carbocycles. The number of hydrogen-bond donors (Lipinski definition) is 2. The molecule has 0 bridgehead atoms. The van der Waals surface area contributed by atoms with Crippen LogP contribution in [0.4, 0.5) is 5.69 Å². The average molecular weight is 339 g/mol. The second-order valence-corrected chi connectivity index (χ2v) is 6.33. The summed E-state index contributed by atoms with van der Waals surface area (Å²) in [6.07, 6.45) is 5.72.